The number of aromatic nitrogens is 2. The molecule has 0 amide bonds. The minimum absolute atomic E-state index is 0.479. The molecule has 3 heterocycles. The molecule has 252 valence electrons. The molecule has 0 saturated heterocycles. The molecule has 0 fully saturated rings. The van der Waals surface area contributed by atoms with Crippen LogP contribution in [0.3, 0.4) is 0 Å². The van der Waals surface area contributed by atoms with Crippen LogP contribution in [0, 0.1) is 12.1 Å². The Bertz CT molecular complexity index is 2990. The molecule has 0 atom stereocenters. The summed E-state index contributed by atoms with van der Waals surface area (Å²) in [5.41, 5.74) is 16.8. The molecule has 54 heavy (non-hydrogen) atoms. The average Bonchev–Trinajstić information content (AvgIpc) is 3.73. The molecule has 3 nitrogen and oxygen atoms in total. The van der Waals surface area contributed by atoms with Gasteiger partial charge in [0.05, 0.1) is 33.2 Å². The van der Waals surface area contributed by atoms with Gasteiger partial charge in [0.2, 0.25) is 0 Å². The number of fused-ring (bicyclic) bond motifs is 9. The van der Waals surface area contributed by atoms with E-state index in [1.807, 2.05) is 12.1 Å². The van der Waals surface area contributed by atoms with Crippen LogP contribution >= 0.6 is 0 Å². The van der Waals surface area contributed by atoms with E-state index in [1.54, 1.807) is 0 Å². The zero-order valence-electron chi connectivity index (χ0n) is 30.2. The Morgan fingerprint density at radius 2 is 1.33 bits per heavy atom. The lowest BCUT2D eigenvalue weighted by atomic mass is 9.58. The molecule has 11 rings (SSSR count). The van der Waals surface area contributed by atoms with Crippen LogP contribution in [0.25, 0.3) is 83.5 Å². The first kappa shape index (κ1) is 30.9. The van der Waals surface area contributed by atoms with E-state index in [9.17, 15) is 0 Å². The lowest BCUT2D eigenvalue weighted by Gasteiger charge is -2.36. The van der Waals surface area contributed by atoms with E-state index >= 15 is 0 Å². The second-order valence-corrected chi connectivity index (χ2v) is 15.0. The van der Waals surface area contributed by atoms with Crippen LogP contribution < -0.4 is 4.74 Å². The number of benzene rings is 6. The molecule has 0 bridgehead atoms. The molecule has 0 radical (unpaired) electrons. The summed E-state index contributed by atoms with van der Waals surface area (Å²) >= 11 is 0. The van der Waals surface area contributed by atoms with Gasteiger partial charge in [0, 0.05) is 38.7 Å². The Hall–Kier alpha value is -6.63. The smallest absolute Gasteiger partial charge is 0.152 e. The molecular formula is C49H34B2N2O. The summed E-state index contributed by atoms with van der Waals surface area (Å²) in [6.07, 6.45) is 6.65. The van der Waals surface area contributed by atoms with Crippen molar-refractivity contribution in [1.82, 2.24) is 9.13 Å². The monoisotopic (exact) mass is 688 g/mol. The Morgan fingerprint density at radius 1 is 0.611 bits per heavy atom. The van der Waals surface area contributed by atoms with Crippen molar-refractivity contribution in [1.29, 1.82) is 0 Å². The van der Waals surface area contributed by atoms with E-state index in [1.165, 1.54) is 83.0 Å². The SMILES string of the molecule is BC1(B)Oc2ccc#cc2-c2c(-n3c4c(c5cc(-c6ccc7c8cc(-c9ccccc9)ccc8n(-c8ccccc8)c7c6)ccc53)C=CCC4)cccc21. The van der Waals surface area contributed by atoms with E-state index in [2.05, 4.69) is 183 Å². The van der Waals surface area contributed by atoms with Crippen molar-refractivity contribution in [3.63, 3.8) is 0 Å². The minimum atomic E-state index is -0.479. The molecule has 0 spiro atoms. The Kier molecular flexibility index (Phi) is 6.70. The first-order valence-electron chi connectivity index (χ1n) is 18.8. The van der Waals surface area contributed by atoms with Crippen molar-refractivity contribution in [2.75, 3.05) is 0 Å². The third-order valence-corrected chi connectivity index (χ3v) is 11.5. The Balaban J connectivity index is 1.11. The highest BCUT2D eigenvalue weighted by Crippen LogP contribution is 2.47. The van der Waals surface area contributed by atoms with Crippen LogP contribution in [0.5, 0.6) is 5.75 Å². The first-order valence-corrected chi connectivity index (χ1v) is 18.8. The minimum Gasteiger partial charge on any atom is -0.500 e. The molecule has 0 saturated carbocycles. The quantitative estimate of drug-likeness (QED) is 0.169. The third-order valence-electron chi connectivity index (χ3n) is 11.5. The highest BCUT2D eigenvalue weighted by Gasteiger charge is 2.35. The number of nitrogens with zero attached hydrogens (tertiary/aromatic N) is 2. The van der Waals surface area contributed by atoms with Crippen LogP contribution in [-0.4, -0.2) is 24.8 Å². The van der Waals surface area contributed by atoms with Crippen molar-refractivity contribution >= 4 is 54.5 Å². The number of rotatable bonds is 4. The van der Waals surface area contributed by atoms with E-state index in [0.29, 0.717) is 0 Å². The highest BCUT2D eigenvalue weighted by atomic mass is 16.5. The topological polar surface area (TPSA) is 19.1 Å². The lowest BCUT2D eigenvalue weighted by molar-refractivity contribution is 0.241. The number of hydrogen-bond donors (Lipinski definition) is 0. The van der Waals surface area contributed by atoms with E-state index in [4.69, 9.17) is 4.74 Å². The molecule has 0 unspecified atom stereocenters. The van der Waals surface area contributed by atoms with Crippen LogP contribution in [0.2, 0.25) is 0 Å². The summed E-state index contributed by atoms with van der Waals surface area (Å²) in [4.78, 5) is 0. The first-order chi connectivity index (χ1) is 26.5. The van der Waals surface area contributed by atoms with E-state index in [-0.39, 0.29) is 0 Å². The molecule has 0 N–H and O–H groups in total. The van der Waals surface area contributed by atoms with Crippen molar-refractivity contribution in [2.24, 2.45) is 0 Å². The van der Waals surface area contributed by atoms with Gasteiger partial charge in [0.15, 0.2) is 15.7 Å². The fraction of sp³-hybridized carbons (Fsp3) is 0.0612. The summed E-state index contributed by atoms with van der Waals surface area (Å²) in [5.74, 6) is 0.853. The maximum Gasteiger partial charge on any atom is 0.152 e. The van der Waals surface area contributed by atoms with Crippen molar-refractivity contribution in [3.05, 3.63) is 181 Å². The summed E-state index contributed by atoms with van der Waals surface area (Å²) in [5, 5.41) is 3.29. The highest BCUT2D eigenvalue weighted by molar-refractivity contribution is 6.40. The van der Waals surface area contributed by atoms with Gasteiger partial charge in [-0.25, -0.2) is 0 Å². The van der Waals surface area contributed by atoms with Gasteiger partial charge in [-0.1, -0.05) is 109 Å². The summed E-state index contributed by atoms with van der Waals surface area (Å²) < 4.78 is 11.4. The van der Waals surface area contributed by atoms with Crippen LogP contribution in [-0.2, 0) is 11.8 Å². The van der Waals surface area contributed by atoms with Crippen molar-refractivity contribution in [3.8, 4) is 50.5 Å². The second kappa shape index (κ2) is 11.7. The van der Waals surface area contributed by atoms with Gasteiger partial charge in [0.1, 0.15) is 5.75 Å². The summed E-state index contributed by atoms with van der Waals surface area (Å²) in [7, 11) is 4.31. The fourth-order valence-corrected chi connectivity index (χ4v) is 9.01. The third kappa shape index (κ3) is 4.60. The van der Waals surface area contributed by atoms with Crippen molar-refractivity contribution in [2.45, 2.75) is 18.2 Å². The number of allylic oxidation sites excluding steroid dienone is 1. The second-order valence-electron chi connectivity index (χ2n) is 15.0. The molecule has 1 aliphatic heterocycles. The predicted molar refractivity (Wildman–Crippen MR) is 228 cm³/mol. The molecule has 2 aliphatic rings. The van der Waals surface area contributed by atoms with Gasteiger partial charge in [-0.3, -0.25) is 0 Å². The number of hydrogen-bond acceptors (Lipinski definition) is 1. The van der Waals surface area contributed by atoms with Gasteiger partial charge in [-0.15, -0.1) is 0 Å². The van der Waals surface area contributed by atoms with Crippen molar-refractivity contribution < 1.29 is 4.74 Å². The van der Waals surface area contributed by atoms with Gasteiger partial charge < -0.3 is 13.9 Å². The maximum absolute atomic E-state index is 6.52. The zero-order chi connectivity index (χ0) is 36.0. The van der Waals surface area contributed by atoms with Crippen LogP contribution in [0.15, 0.2) is 152 Å². The standard InChI is InChI=1S/C49H34B2N2O/c50-49(51)41-18-11-20-45(48(41)38-17-8-10-21-47(38)54-49)53-42-19-9-7-16-36(42)39-29-33(24-27-44(39)53)34-22-25-37-40-28-32(31-12-3-1-4-13-31)23-26-43(40)52(46(37)30-34)35-14-5-2-6-15-35/h1-7,10-16,18,20-30H,9,19,50-51H2. The normalized spacial score (nSPS) is 14.0. The van der Waals surface area contributed by atoms with Crippen LogP contribution in [0.4, 0.5) is 0 Å². The number of para-hydroxylation sites is 1. The molecular weight excluding hydrogens is 654 g/mol. The van der Waals surface area contributed by atoms with Crippen LogP contribution in [0.1, 0.15) is 23.2 Å². The molecule has 9 aromatic rings. The lowest BCUT2D eigenvalue weighted by Crippen LogP contribution is -2.37. The maximum atomic E-state index is 6.52. The van der Waals surface area contributed by atoms with E-state index in [0.717, 1.165) is 29.8 Å². The summed E-state index contributed by atoms with van der Waals surface area (Å²) in [6.45, 7) is 0. The Labute approximate surface area is 316 Å². The van der Waals surface area contributed by atoms with Gasteiger partial charge in [-0.05, 0) is 101 Å². The average molecular weight is 688 g/mol. The molecule has 7 aromatic carbocycles. The molecule has 1 aliphatic carbocycles. The Morgan fingerprint density at radius 3 is 2.17 bits per heavy atom. The zero-order valence-corrected chi connectivity index (χ0v) is 30.2. The summed E-state index contributed by atoms with van der Waals surface area (Å²) in [6, 6.07) is 59.5. The molecule has 2 aromatic heterocycles. The fourth-order valence-electron chi connectivity index (χ4n) is 9.01. The predicted octanol–water partition coefficient (Wildman–Crippen LogP) is 10.1. The largest absolute Gasteiger partial charge is 0.500 e. The van der Waals surface area contributed by atoms with E-state index < -0.39 is 5.40 Å². The van der Waals surface area contributed by atoms with Gasteiger partial charge in [-0.2, -0.15) is 0 Å². The van der Waals surface area contributed by atoms with Gasteiger partial charge in [0.25, 0.3) is 0 Å². The number of ether oxygens (including phenoxy) is 1. The molecule has 5 heteroatoms. The van der Waals surface area contributed by atoms with Gasteiger partial charge >= 0.3 is 0 Å².